The van der Waals surface area contributed by atoms with Gasteiger partial charge in [-0.2, -0.15) is 0 Å². The van der Waals surface area contributed by atoms with Crippen molar-refractivity contribution in [3.8, 4) is 0 Å². The third kappa shape index (κ3) is 2.47. The Morgan fingerprint density at radius 1 is 1.50 bits per heavy atom. The Balaban J connectivity index is 2.96. The molecule has 0 spiro atoms. The topological polar surface area (TPSA) is 26.0 Å². The molecule has 0 atom stereocenters. The van der Waals surface area contributed by atoms with E-state index in [1.807, 2.05) is 25.1 Å². The zero-order valence-corrected chi connectivity index (χ0v) is 8.64. The molecule has 0 saturated carbocycles. The molecule has 1 rings (SSSR count). The summed E-state index contributed by atoms with van der Waals surface area (Å²) in [5, 5.41) is 0. The smallest absolute Gasteiger partial charge is 0.0247 e. The minimum absolute atomic E-state index is 0.612. The molecule has 0 aliphatic heterocycles. The van der Waals surface area contributed by atoms with Gasteiger partial charge >= 0.3 is 0 Å². The quantitative estimate of drug-likeness (QED) is 0.824. The number of nitrogens with two attached hydrogens (primary N) is 1. The van der Waals surface area contributed by atoms with Gasteiger partial charge in [0.1, 0.15) is 0 Å². The fourth-order valence-electron chi connectivity index (χ4n) is 0.917. The lowest BCUT2D eigenvalue weighted by Gasteiger charge is -1.99. The minimum Gasteiger partial charge on any atom is -0.327 e. The number of benzene rings is 1. The summed E-state index contributed by atoms with van der Waals surface area (Å²) in [5.74, 6) is 0. The van der Waals surface area contributed by atoms with E-state index in [4.69, 9.17) is 5.73 Å². The Morgan fingerprint density at radius 3 is 2.75 bits per heavy atom. The van der Waals surface area contributed by atoms with Crippen molar-refractivity contribution in [3.63, 3.8) is 0 Å². The molecule has 64 valence electrons. The Bertz CT molecular complexity index is 292. The summed E-state index contributed by atoms with van der Waals surface area (Å²) in [4.78, 5) is 0. The molecule has 12 heavy (non-hydrogen) atoms. The van der Waals surface area contributed by atoms with Crippen LogP contribution in [0.1, 0.15) is 12.5 Å². The van der Waals surface area contributed by atoms with Crippen molar-refractivity contribution in [2.24, 2.45) is 5.73 Å². The van der Waals surface area contributed by atoms with Gasteiger partial charge in [-0.15, -0.1) is 0 Å². The number of rotatable bonds is 2. The monoisotopic (exact) mass is 225 g/mol. The molecule has 2 N–H and O–H groups in total. The zero-order valence-electron chi connectivity index (χ0n) is 7.05. The predicted octanol–water partition coefficient (Wildman–Crippen LogP) is 2.81. The zero-order chi connectivity index (χ0) is 8.97. The number of hydrogen-bond acceptors (Lipinski definition) is 1. The van der Waals surface area contributed by atoms with Gasteiger partial charge in [0.25, 0.3) is 0 Å². The van der Waals surface area contributed by atoms with Crippen LogP contribution < -0.4 is 5.73 Å². The molecule has 0 unspecified atom stereocenters. The second-order valence-electron chi connectivity index (χ2n) is 2.72. The Morgan fingerprint density at radius 2 is 2.17 bits per heavy atom. The van der Waals surface area contributed by atoms with Crippen molar-refractivity contribution in [2.75, 3.05) is 6.54 Å². The number of hydrogen-bond donors (Lipinski definition) is 1. The SMILES string of the molecule is C/C(=C/c1ccccc1Br)CN. The maximum absolute atomic E-state index is 5.49. The molecular formula is C10H12BrN. The van der Waals surface area contributed by atoms with Crippen LogP contribution in [-0.4, -0.2) is 6.54 Å². The molecule has 0 radical (unpaired) electrons. The van der Waals surface area contributed by atoms with Gasteiger partial charge in [0, 0.05) is 11.0 Å². The van der Waals surface area contributed by atoms with Crippen molar-refractivity contribution in [1.82, 2.24) is 0 Å². The van der Waals surface area contributed by atoms with E-state index >= 15 is 0 Å². The molecule has 0 aliphatic rings. The fourth-order valence-corrected chi connectivity index (χ4v) is 1.32. The molecule has 0 heterocycles. The molecule has 2 heteroatoms. The second kappa shape index (κ2) is 4.43. The van der Waals surface area contributed by atoms with Crippen molar-refractivity contribution < 1.29 is 0 Å². The molecule has 0 aliphatic carbocycles. The maximum atomic E-state index is 5.49. The highest BCUT2D eigenvalue weighted by molar-refractivity contribution is 9.10. The lowest BCUT2D eigenvalue weighted by molar-refractivity contribution is 1.15. The highest BCUT2D eigenvalue weighted by Gasteiger charge is 1.93. The third-order valence-corrected chi connectivity index (χ3v) is 2.35. The summed E-state index contributed by atoms with van der Waals surface area (Å²) in [6, 6.07) is 8.10. The van der Waals surface area contributed by atoms with Crippen LogP contribution in [0.3, 0.4) is 0 Å². The predicted molar refractivity (Wildman–Crippen MR) is 56.8 cm³/mol. The molecule has 0 aromatic heterocycles. The standard InChI is InChI=1S/C10H12BrN/c1-8(7-12)6-9-4-2-3-5-10(9)11/h2-6H,7,12H2,1H3/b8-6-. The van der Waals surface area contributed by atoms with Crippen LogP contribution >= 0.6 is 15.9 Å². The van der Waals surface area contributed by atoms with Crippen LogP contribution in [0.15, 0.2) is 34.3 Å². The van der Waals surface area contributed by atoms with Gasteiger partial charge in [-0.3, -0.25) is 0 Å². The first-order chi connectivity index (χ1) is 5.74. The van der Waals surface area contributed by atoms with E-state index < -0.39 is 0 Å². The van der Waals surface area contributed by atoms with Gasteiger partial charge in [-0.1, -0.05) is 45.8 Å². The van der Waals surface area contributed by atoms with Crippen molar-refractivity contribution in [1.29, 1.82) is 0 Å². The highest BCUT2D eigenvalue weighted by Crippen LogP contribution is 2.18. The van der Waals surface area contributed by atoms with Gasteiger partial charge in [0.15, 0.2) is 0 Å². The van der Waals surface area contributed by atoms with Gasteiger partial charge in [-0.25, -0.2) is 0 Å². The molecule has 1 aromatic carbocycles. The van der Waals surface area contributed by atoms with Crippen LogP contribution in [0, 0.1) is 0 Å². The number of halogens is 1. The molecule has 0 bridgehead atoms. The van der Waals surface area contributed by atoms with E-state index in [9.17, 15) is 0 Å². The normalized spacial score (nSPS) is 11.8. The Labute approximate surface area is 81.4 Å². The maximum Gasteiger partial charge on any atom is 0.0247 e. The Kier molecular flexibility index (Phi) is 3.50. The van der Waals surface area contributed by atoms with Crippen LogP contribution in [0.25, 0.3) is 6.08 Å². The van der Waals surface area contributed by atoms with E-state index in [0.29, 0.717) is 6.54 Å². The fraction of sp³-hybridized carbons (Fsp3) is 0.200. The molecule has 0 amide bonds. The molecule has 1 aromatic rings. The van der Waals surface area contributed by atoms with Crippen LogP contribution in [-0.2, 0) is 0 Å². The first-order valence-corrected chi connectivity index (χ1v) is 4.65. The van der Waals surface area contributed by atoms with Crippen LogP contribution in [0.4, 0.5) is 0 Å². The molecule has 0 saturated heterocycles. The average Bonchev–Trinajstić information content (AvgIpc) is 2.09. The van der Waals surface area contributed by atoms with E-state index in [2.05, 4.69) is 28.1 Å². The first kappa shape index (κ1) is 9.49. The minimum atomic E-state index is 0.612. The van der Waals surface area contributed by atoms with Crippen LogP contribution in [0.2, 0.25) is 0 Å². The van der Waals surface area contributed by atoms with Gasteiger partial charge in [0.05, 0.1) is 0 Å². The highest BCUT2D eigenvalue weighted by atomic mass is 79.9. The van der Waals surface area contributed by atoms with Gasteiger partial charge in [-0.05, 0) is 18.6 Å². The van der Waals surface area contributed by atoms with E-state index in [0.717, 1.165) is 4.47 Å². The summed E-state index contributed by atoms with van der Waals surface area (Å²) < 4.78 is 1.11. The van der Waals surface area contributed by atoms with Crippen molar-refractivity contribution >= 4 is 22.0 Å². The summed E-state index contributed by atoms with van der Waals surface area (Å²) in [6.07, 6.45) is 2.09. The lowest BCUT2D eigenvalue weighted by atomic mass is 10.1. The third-order valence-electron chi connectivity index (χ3n) is 1.63. The summed E-state index contributed by atoms with van der Waals surface area (Å²) in [5.41, 5.74) is 7.85. The second-order valence-corrected chi connectivity index (χ2v) is 3.57. The first-order valence-electron chi connectivity index (χ1n) is 3.86. The van der Waals surface area contributed by atoms with Gasteiger partial charge in [0.2, 0.25) is 0 Å². The average molecular weight is 226 g/mol. The van der Waals surface area contributed by atoms with E-state index in [1.165, 1.54) is 11.1 Å². The van der Waals surface area contributed by atoms with Crippen molar-refractivity contribution in [2.45, 2.75) is 6.92 Å². The summed E-state index contributed by atoms with van der Waals surface area (Å²) in [6.45, 7) is 2.64. The van der Waals surface area contributed by atoms with E-state index in [-0.39, 0.29) is 0 Å². The van der Waals surface area contributed by atoms with Crippen molar-refractivity contribution in [3.05, 3.63) is 39.9 Å². The largest absolute Gasteiger partial charge is 0.327 e. The Hall–Kier alpha value is -0.600. The summed E-state index contributed by atoms with van der Waals surface area (Å²) >= 11 is 3.47. The summed E-state index contributed by atoms with van der Waals surface area (Å²) in [7, 11) is 0. The molecular weight excluding hydrogens is 214 g/mol. The van der Waals surface area contributed by atoms with E-state index in [1.54, 1.807) is 0 Å². The molecule has 1 nitrogen and oxygen atoms in total. The molecule has 0 fully saturated rings. The van der Waals surface area contributed by atoms with Gasteiger partial charge < -0.3 is 5.73 Å². The van der Waals surface area contributed by atoms with Crippen LogP contribution in [0.5, 0.6) is 0 Å². The lowest BCUT2D eigenvalue weighted by Crippen LogP contribution is -1.99.